The zero-order valence-electron chi connectivity index (χ0n) is 6.87. The third kappa shape index (κ3) is 3.18. The fourth-order valence-electron chi connectivity index (χ4n) is 0.856. The van der Waals surface area contributed by atoms with Crippen LogP contribution in [-0.4, -0.2) is 19.3 Å². The molecule has 1 saturated heterocycles. The van der Waals surface area contributed by atoms with Crippen LogP contribution in [0.4, 0.5) is 0 Å². The number of nitrogens with one attached hydrogen (secondary N) is 1. The number of hydrogen-bond acceptors (Lipinski definition) is 3. The van der Waals surface area contributed by atoms with Gasteiger partial charge in [0.15, 0.2) is 0 Å². The van der Waals surface area contributed by atoms with Crippen molar-refractivity contribution >= 4 is 18.4 Å². The summed E-state index contributed by atoms with van der Waals surface area (Å²) >= 11 is 5.19. The predicted molar refractivity (Wildman–Crippen MR) is 49.1 cm³/mol. The van der Waals surface area contributed by atoms with E-state index in [4.69, 9.17) is 20.9 Å². The molecule has 1 N–H and O–H groups in total. The minimum atomic E-state index is -2.09. The van der Waals surface area contributed by atoms with Crippen molar-refractivity contribution in [3.8, 4) is 0 Å². The van der Waals surface area contributed by atoms with Crippen LogP contribution in [0.25, 0.3) is 0 Å². The second-order valence-electron chi connectivity index (χ2n) is 2.80. The van der Waals surface area contributed by atoms with Gasteiger partial charge in [-0.2, -0.15) is 0 Å². The van der Waals surface area contributed by atoms with E-state index >= 15 is 0 Å². The molecule has 1 heterocycles. The van der Waals surface area contributed by atoms with Crippen LogP contribution in [0.1, 0.15) is 20.3 Å². The first-order valence-electron chi connectivity index (χ1n) is 3.79. The van der Waals surface area contributed by atoms with E-state index in [1.807, 2.05) is 13.8 Å². The summed E-state index contributed by atoms with van der Waals surface area (Å²) in [6, 6.07) is 0.332. The molecule has 0 aromatic carbocycles. The second-order valence-corrected chi connectivity index (χ2v) is 6.01. The summed E-state index contributed by atoms with van der Waals surface area (Å²) in [4.78, 5) is 0. The van der Waals surface area contributed by atoms with E-state index in [0.717, 1.165) is 19.6 Å². The van der Waals surface area contributed by atoms with Crippen LogP contribution in [0, 0.1) is 0 Å². The molecule has 0 radical (unpaired) electrons. The van der Waals surface area contributed by atoms with Crippen molar-refractivity contribution in [2.24, 2.45) is 0 Å². The molecule has 5 heteroatoms. The Morgan fingerprint density at radius 2 is 1.91 bits per heavy atom. The first-order chi connectivity index (χ1) is 5.12. The summed E-state index contributed by atoms with van der Waals surface area (Å²) in [6.07, 6.45) is 0.957. The summed E-state index contributed by atoms with van der Waals surface area (Å²) < 4.78 is 10.7. The average Bonchev–Trinajstić information content (AvgIpc) is 1.85. The maximum Gasteiger partial charge on any atom is 0.261 e. The Labute approximate surface area is 72.7 Å². The summed E-state index contributed by atoms with van der Waals surface area (Å²) in [5, 5.41) is 3.14. The molecule has 0 unspecified atom stereocenters. The lowest BCUT2D eigenvalue weighted by molar-refractivity contribution is 0.172. The van der Waals surface area contributed by atoms with Gasteiger partial charge in [0.25, 0.3) is 6.64 Å². The third-order valence-electron chi connectivity index (χ3n) is 1.23. The van der Waals surface area contributed by atoms with Gasteiger partial charge in [-0.05, 0) is 32.1 Å². The van der Waals surface area contributed by atoms with Crippen LogP contribution in [0.3, 0.4) is 0 Å². The molecule has 0 atom stereocenters. The molecule has 0 aliphatic carbocycles. The van der Waals surface area contributed by atoms with Crippen LogP contribution < -0.4 is 5.09 Å². The predicted octanol–water partition coefficient (Wildman–Crippen LogP) is 1.65. The standard InChI is InChI=1S/C6H14NO2PS/c1-6(2)7-10(11)8-4-3-5-9-10/h6H,3-5H2,1-2H3,(H,7,11). The van der Waals surface area contributed by atoms with Crippen molar-refractivity contribution in [3.05, 3.63) is 0 Å². The van der Waals surface area contributed by atoms with Crippen molar-refractivity contribution in [2.75, 3.05) is 13.2 Å². The van der Waals surface area contributed by atoms with Gasteiger partial charge in [-0.3, -0.25) is 0 Å². The van der Waals surface area contributed by atoms with Gasteiger partial charge in [-0.1, -0.05) is 0 Å². The number of hydrogen-bond donors (Lipinski definition) is 1. The molecule has 11 heavy (non-hydrogen) atoms. The molecule has 0 spiro atoms. The average molecular weight is 195 g/mol. The van der Waals surface area contributed by atoms with Gasteiger partial charge in [0.2, 0.25) is 0 Å². The monoisotopic (exact) mass is 195 g/mol. The largest absolute Gasteiger partial charge is 0.318 e. The number of rotatable bonds is 2. The lowest BCUT2D eigenvalue weighted by atomic mass is 10.4. The molecule has 0 aromatic heterocycles. The minimum absolute atomic E-state index is 0.332. The summed E-state index contributed by atoms with van der Waals surface area (Å²) in [7, 11) is 0. The van der Waals surface area contributed by atoms with Gasteiger partial charge in [0.05, 0.1) is 13.2 Å². The van der Waals surface area contributed by atoms with Crippen molar-refractivity contribution in [3.63, 3.8) is 0 Å². The fourth-order valence-corrected chi connectivity index (χ4v) is 3.53. The SMILES string of the molecule is CC(C)NP1(=S)OCCCO1. The Balaban J connectivity index is 2.44. The lowest BCUT2D eigenvalue weighted by Gasteiger charge is -2.28. The van der Waals surface area contributed by atoms with Crippen LogP contribution in [0.2, 0.25) is 0 Å². The molecule has 1 rings (SSSR count). The van der Waals surface area contributed by atoms with Crippen LogP contribution in [0.5, 0.6) is 0 Å². The van der Waals surface area contributed by atoms with Gasteiger partial charge in [0.1, 0.15) is 0 Å². The van der Waals surface area contributed by atoms with Gasteiger partial charge < -0.3 is 9.05 Å². The Hall–Kier alpha value is 0.530. The maximum absolute atomic E-state index is 5.37. The maximum atomic E-state index is 5.37. The highest BCUT2D eigenvalue weighted by Gasteiger charge is 2.22. The van der Waals surface area contributed by atoms with E-state index < -0.39 is 6.64 Å². The molecular formula is C6H14NO2PS. The molecule has 66 valence electrons. The summed E-state index contributed by atoms with van der Waals surface area (Å²) in [5.74, 6) is 0. The van der Waals surface area contributed by atoms with Crippen LogP contribution >= 0.6 is 6.64 Å². The Morgan fingerprint density at radius 1 is 1.36 bits per heavy atom. The fraction of sp³-hybridized carbons (Fsp3) is 1.00. The topological polar surface area (TPSA) is 30.5 Å². The normalized spacial score (nSPS) is 23.9. The van der Waals surface area contributed by atoms with Crippen LogP contribution in [0.15, 0.2) is 0 Å². The van der Waals surface area contributed by atoms with Crippen molar-refractivity contribution in [1.82, 2.24) is 5.09 Å². The van der Waals surface area contributed by atoms with Crippen molar-refractivity contribution in [1.29, 1.82) is 0 Å². The molecule has 0 aromatic rings. The lowest BCUT2D eigenvalue weighted by Crippen LogP contribution is -2.25. The summed E-state index contributed by atoms with van der Waals surface area (Å²) in [5.41, 5.74) is 0. The molecule has 0 saturated carbocycles. The van der Waals surface area contributed by atoms with Gasteiger partial charge in [-0.25, -0.2) is 5.09 Å². The molecule has 1 aliphatic rings. The Kier molecular flexibility index (Phi) is 3.47. The van der Waals surface area contributed by atoms with E-state index in [1.54, 1.807) is 0 Å². The van der Waals surface area contributed by atoms with E-state index in [2.05, 4.69) is 5.09 Å². The first-order valence-corrected chi connectivity index (χ1v) is 6.43. The molecular weight excluding hydrogens is 181 g/mol. The van der Waals surface area contributed by atoms with Crippen molar-refractivity contribution in [2.45, 2.75) is 26.3 Å². The molecule has 1 fully saturated rings. The van der Waals surface area contributed by atoms with Gasteiger partial charge in [-0.15, -0.1) is 0 Å². The smallest absolute Gasteiger partial charge is 0.261 e. The highest BCUT2D eigenvalue weighted by molar-refractivity contribution is 8.09. The quantitative estimate of drug-likeness (QED) is 0.679. The van der Waals surface area contributed by atoms with Crippen LogP contribution in [-0.2, 0) is 20.9 Å². The Morgan fingerprint density at radius 3 is 2.36 bits per heavy atom. The molecule has 0 amide bonds. The van der Waals surface area contributed by atoms with E-state index in [1.165, 1.54) is 0 Å². The van der Waals surface area contributed by atoms with Gasteiger partial charge >= 0.3 is 0 Å². The molecule has 1 aliphatic heterocycles. The van der Waals surface area contributed by atoms with E-state index in [9.17, 15) is 0 Å². The van der Waals surface area contributed by atoms with E-state index in [0.29, 0.717) is 6.04 Å². The second kappa shape index (κ2) is 3.97. The zero-order valence-corrected chi connectivity index (χ0v) is 8.58. The first kappa shape index (κ1) is 9.62. The summed E-state index contributed by atoms with van der Waals surface area (Å²) in [6.45, 7) is 3.45. The van der Waals surface area contributed by atoms with Crippen molar-refractivity contribution < 1.29 is 9.05 Å². The highest BCUT2D eigenvalue weighted by atomic mass is 32.5. The molecule has 3 nitrogen and oxygen atoms in total. The molecule has 0 bridgehead atoms. The van der Waals surface area contributed by atoms with E-state index in [-0.39, 0.29) is 0 Å². The zero-order chi connectivity index (χ0) is 8.32. The van der Waals surface area contributed by atoms with Gasteiger partial charge in [0, 0.05) is 6.04 Å². The third-order valence-corrected chi connectivity index (χ3v) is 4.05. The highest BCUT2D eigenvalue weighted by Crippen LogP contribution is 2.46. The minimum Gasteiger partial charge on any atom is -0.318 e. The Bertz CT molecular complexity index is 164.